The van der Waals surface area contributed by atoms with E-state index in [2.05, 4.69) is 4.74 Å². The first-order valence-corrected chi connectivity index (χ1v) is 6.73. The molecule has 0 atom stereocenters. The molecule has 0 heterocycles. The number of esters is 1. The van der Waals surface area contributed by atoms with Crippen LogP contribution in [0.1, 0.15) is 38.8 Å². The number of carbonyl (C=O) groups is 2. The molecule has 2 rings (SSSR count). The lowest BCUT2D eigenvalue weighted by molar-refractivity contribution is 0.0600. The molecule has 0 unspecified atom stereocenters. The van der Waals surface area contributed by atoms with Crippen molar-refractivity contribution in [1.82, 2.24) is 0 Å². The summed E-state index contributed by atoms with van der Waals surface area (Å²) in [7, 11) is 1.26. The molecule has 0 saturated heterocycles. The van der Waals surface area contributed by atoms with Crippen LogP contribution in [0.5, 0.6) is 5.75 Å². The molecule has 0 amide bonds. The molecule has 2 aromatic carbocycles. The highest BCUT2D eigenvalue weighted by molar-refractivity contribution is 6.11. The Morgan fingerprint density at radius 1 is 1.09 bits per heavy atom. The highest BCUT2D eigenvalue weighted by Gasteiger charge is 2.21. The lowest BCUT2D eigenvalue weighted by Gasteiger charge is -2.09. The fraction of sp³-hybridized carbons (Fsp3) is 0.176. The van der Waals surface area contributed by atoms with Crippen LogP contribution < -0.4 is 0 Å². The Balaban J connectivity index is 2.42. The van der Waals surface area contributed by atoms with Crippen LogP contribution in [0.3, 0.4) is 0 Å². The van der Waals surface area contributed by atoms with Gasteiger partial charge < -0.3 is 9.84 Å². The number of ether oxygens (including phenoxy) is 1. The maximum atomic E-state index is 14.3. The summed E-state index contributed by atoms with van der Waals surface area (Å²) in [6.45, 7) is 1.76. The zero-order valence-corrected chi connectivity index (χ0v) is 12.2. The second-order valence-corrected chi connectivity index (χ2v) is 4.68. The van der Waals surface area contributed by atoms with Crippen LogP contribution >= 0.6 is 0 Å². The van der Waals surface area contributed by atoms with Gasteiger partial charge in [0.15, 0.2) is 5.78 Å². The van der Waals surface area contributed by atoms with E-state index in [-0.39, 0.29) is 16.7 Å². The molecule has 4 nitrogen and oxygen atoms in total. The van der Waals surface area contributed by atoms with Crippen molar-refractivity contribution in [2.75, 3.05) is 7.11 Å². The van der Waals surface area contributed by atoms with E-state index in [9.17, 15) is 19.1 Å². The molecule has 2 aromatic rings. The van der Waals surface area contributed by atoms with E-state index < -0.39 is 23.3 Å². The number of hydrogen-bond acceptors (Lipinski definition) is 4. The van der Waals surface area contributed by atoms with E-state index in [1.807, 2.05) is 0 Å². The van der Waals surface area contributed by atoms with Crippen LogP contribution in [0.25, 0.3) is 0 Å². The van der Waals surface area contributed by atoms with Gasteiger partial charge in [0.05, 0.1) is 12.7 Å². The number of carbonyl (C=O) groups excluding carboxylic acids is 2. The molecule has 22 heavy (non-hydrogen) atoms. The first-order chi connectivity index (χ1) is 10.5. The summed E-state index contributed by atoms with van der Waals surface area (Å²) in [5.74, 6) is -2.29. The SMILES string of the molecule is CCc1ccc(O)c(C(=O)c2ccc(C(=O)OC)cc2)c1F. The summed E-state index contributed by atoms with van der Waals surface area (Å²) in [6, 6.07) is 8.37. The molecule has 0 aliphatic carbocycles. The number of aryl methyl sites for hydroxylation is 1. The summed E-state index contributed by atoms with van der Waals surface area (Å²) in [5.41, 5.74) is 0.457. The first-order valence-electron chi connectivity index (χ1n) is 6.73. The first kappa shape index (κ1) is 15.7. The molecule has 5 heteroatoms. The Kier molecular flexibility index (Phi) is 4.56. The average molecular weight is 302 g/mol. The van der Waals surface area contributed by atoms with Crippen molar-refractivity contribution in [3.8, 4) is 5.75 Å². The summed E-state index contributed by atoms with van der Waals surface area (Å²) >= 11 is 0. The summed E-state index contributed by atoms with van der Waals surface area (Å²) in [4.78, 5) is 23.7. The molecule has 1 N–H and O–H groups in total. The lowest BCUT2D eigenvalue weighted by Crippen LogP contribution is -2.08. The zero-order chi connectivity index (χ0) is 16.3. The van der Waals surface area contributed by atoms with Crippen molar-refractivity contribution < 1.29 is 23.8 Å². The van der Waals surface area contributed by atoms with Gasteiger partial charge in [0.1, 0.15) is 17.1 Å². The number of rotatable bonds is 4. The quantitative estimate of drug-likeness (QED) is 0.696. The van der Waals surface area contributed by atoms with E-state index in [0.717, 1.165) is 0 Å². The molecule has 0 radical (unpaired) electrons. The van der Waals surface area contributed by atoms with Gasteiger partial charge in [-0.2, -0.15) is 0 Å². The number of benzene rings is 2. The molecule has 0 aromatic heterocycles. The third-order valence-electron chi connectivity index (χ3n) is 3.38. The topological polar surface area (TPSA) is 63.6 Å². The monoisotopic (exact) mass is 302 g/mol. The third-order valence-corrected chi connectivity index (χ3v) is 3.38. The smallest absolute Gasteiger partial charge is 0.337 e. The fourth-order valence-electron chi connectivity index (χ4n) is 2.12. The van der Waals surface area contributed by atoms with Crippen LogP contribution in [0, 0.1) is 5.82 Å². The van der Waals surface area contributed by atoms with Crippen molar-refractivity contribution >= 4 is 11.8 Å². The lowest BCUT2D eigenvalue weighted by atomic mass is 9.98. The van der Waals surface area contributed by atoms with Gasteiger partial charge in [0, 0.05) is 5.56 Å². The second-order valence-electron chi connectivity index (χ2n) is 4.68. The standard InChI is InChI=1S/C17H15FO4/c1-3-10-8-9-13(19)14(15(10)18)16(20)11-4-6-12(7-5-11)17(21)22-2/h4-9,19H,3H2,1-2H3. The summed E-state index contributed by atoms with van der Waals surface area (Å²) in [5, 5.41) is 9.79. The predicted molar refractivity (Wildman–Crippen MR) is 78.7 cm³/mol. The van der Waals surface area contributed by atoms with Crippen LogP contribution in [0.2, 0.25) is 0 Å². The van der Waals surface area contributed by atoms with E-state index in [0.29, 0.717) is 12.0 Å². The molecule has 0 spiro atoms. The van der Waals surface area contributed by atoms with Crippen LogP contribution in [-0.4, -0.2) is 24.0 Å². The Hall–Kier alpha value is -2.69. The van der Waals surface area contributed by atoms with Crippen LogP contribution in [-0.2, 0) is 11.2 Å². The molecule has 0 bridgehead atoms. The number of methoxy groups -OCH3 is 1. The number of ketones is 1. The molecule has 0 saturated carbocycles. The van der Waals surface area contributed by atoms with E-state index >= 15 is 0 Å². The highest BCUT2D eigenvalue weighted by Crippen LogP contribution is 2.26. The van der Waals surface area contributed by atoms with Crippen molar-refractivity contribution in [2.24, 2.45) is 0 Å². The normalized spacial score (nSPS) is 10.3. The maximum absolute atomic E-state index is 14.3. The Bertz CT molecular complexity index is 720. The third kappa shape index (κ3) is 2.83. The second kappa shape index (κ2) is 6.39. The zero-order valence-electron chi connectivity index (χ0n) is 12.2. The Morgan fingerprint density at radius 3 is 2.23 bits per heavy atom. The van der Waals surface area contributed by atoms with Crippen molar-refractivity contribution in [3.05, 3.63) is 64.5 Å². The van der Waals surface area contributed by atoms with Crippen molar-refractivity contribution in [2.45, 2.75) is 13.3 Å². The largest absolute Gasteiger partial charge is 0.507 e. The van der Waals surface area contributed by atoms with Gasteiger partial charge >= 0.3 is 5.97 Å². The van der Waals surface area contributed by atoms with Gasteiger partial charge in [0.25, 0.3) is 0 Å². The molecule has 0 aliphatic heterocycles. The van der Waals surface area contributed by atoms with Gasteiger partial charge in [-0.05, 0) is 30.2 Å². The van der Waals surface area contributed by atoms with Gasteiger partial charge in [-0.1, -0.05) is 25.1 Å². The summed E-state index contributed by atoms with van der Waals surface area (Å²) in [6.07, 6.45) is 0.410. The Labute approximate surface area is 127 Å². The van der Waals surface area contributed by atoms with Gasteiger partial charge in [-0.25, -0.2) is 9.18 Å². The summed E-state index contributed by atoms with van der Waals surface area (Å²) < 4.78 is 18.8. The number of phenolic OH excluding ortho intramolecular Hbond substituents is 1. The minimum absolute atomic E-state index is 0.176. The van der Waals surface area contributed by atoms with E-state index in [1.54, 1.807) is 6.92 Å². The van der Waals surface area contributed by atoms with E-state index in [1.165, 1.54) is 43.5 Å². The highest BCUT2D eigenvalue weighted by atomic mass is 19.1. The number of phenols is 1. The van der Waals surface area contributed by atoms with Crippen LogP contribution in [0.4, 0.5) is 4.39 Å². The average Bonchev–Trinajstić information content (AvgIpc) is 2.54. The van der Waals surface area contributed by atoms with Gasteiger partial charge in [-0.3, -0.25) is 4.79 Å². The molecular formula is C17H15FO4. The predicted octanol–water partition coefficient (Wildman–Crippen LogP) is 3.11. The minimum Gasteiger partial charge on any atom is -0.507 e. The van der Waals surface area contributed by atoms with E-state index in [4.69, 9.17) is 0 Å². The maximum Gasteiger partial charge on any atom is 0.337 e. The number of aromatic hydroxyl groups is 1. The number of hydrogen-bond donors (Lipinski definition) is 1. The molecule has 114 valence electrons. The van der Waals surface area contributed by atoms with Gasteiger partial charge in [0.2, 0.25) is 0 Å². The van der Waals surface area contributed by atoms with Gasteiger partial charge in [-0.15, -0.1) is 0 Å². The molecule has 0 aliphatic rings. The van der Waals surface area contributed by atoms with Crippen molar-refractivity contribution in [1.29, 1.82) is 0 Å². The fourth-order valence-corrected chi connectivity index (χ4v) is 2.12. The minimum atomic E-state index is -0.718. The van der Waals surface area contributed by atoms with Crippen molar-refractivity contribution in [3.63, 3.8) is 0 Å². The molecular weight excluding hydrogens is 287 g/mol. The van der Waals surface area contributed by atoms with Crippen LogP contribution in [0.15, 0.2) is 36.4 Å². The number of halogens is 1. The Morgan fingerprint density at radius 2 is 1.68 bits per heavy atom. The molecule has 0 fully saturated rings.